The van der Waals surface area contributed by atoms with E-state index in [0.717, 1.165) is 23.7 Å². The molecule has 4 atom stereocenters. The van der Waals surface area contributed by atoms with Crippen LogP contribution in [0, 0.1) is 23.7 Å². The Balaban J connectivity index is 1.98. The molecule has 0 saturated heterocycles. The fourth-order valence-corrected chi connectivity index (χ4v) is 3.62. The average molecular weight is 166 g/mol. The van der Waals surface area contributed by atoms with E-state index < -0.39 is 0 Å². The molecule has 0 bridgehead atoms. The third-order valence-corrected chi connectivity index (χ3v) is 4.41. The van der Waals surface area contributed by atoms with Crippen molar-refractivity contribution in [2.75, 3.05) is 0 Å². The molecule has 0 aromatic carbocycles. The largest absolute Gasteiger partial charge is 0.0622 e. The summed E-state index contributed by atoms with van der Waals surface area (Å²) in [5.74, 6) is 4.27. The summed E-state index contributed by atoms with van der Waals surface area (Å²) in [5.41, 5.74) is 0. The first-order valence-corrected chi connectivity index (χ1v) is 5.79. The van der Waals surface area contributed by atoms with E-state index in [4.69, 9.17) is 0 Å². The summed E-state index contributed by atoms with van der Waals surface area (Å²) in [4.78, 5) is 0. The fraction of sp³-hybridized carbons (Fsp3) is 1.00. The maximum absolute atomic E-state index is 2.47. The zero-order chi connectivity index (χ0) is 8.55. The summed E-state index contributed by atoms with van der Waals surface area (Å²) < 4.78 is 0. The molecular formula is C12H22. The van der Waals surface area contributed by atoms with Gasteiger partial charge in [0.2, 0.25) is 0 Å². The van der Waals surface area contributed by atoms with Crippen LogP contribution < -0.4 is 0 Å². The van der Waals surface area contributed by atoms with Gasteiger partial charge in [0, 0.05) is 0 Å². The van der Waals surface area contributed by atoms with Crippen molar-refractivity contribution in [1.29, 1.82) is 0 Å². The average Bonchev–Trinajstić information content (AvgIpc) is 2.59. The zero-order valence-corrected chi connectivity index (χ0v) is 8.55. The highest BCUT2D eigenvalue weighted by Crippen LogP contribution is 2.46. The highest BCUT2D eigenvalue weighted by atomic mass is 14.4. The Morgan fingerprint density at radius 1 is 0.667 bits per heavy atom. The van der Waals surface area contributed by atoms with Gasteiger partial charge in [-0.3, -0.25) is 0 Å². The Labute approximate surface area is 76.7 Å². The highest BCUT2D eigenvalue weighted by molar-refractivity contribution is 4.86. The number of rotatable bonds is 1. The molecule has 0 spiro atoms. The Hall–Kier alpha value is 0. The van der Waals surface area contributed by atoms with Crippen molar-refractivity contribution in [2.24, 2.45) is 23.7 Å². The molecule has 0 N–H and O–H groups in total. The molecule has 2 fully saturated rings. The first-order chi connectivity index (χ1) is 5.79. The van der Waals surface area contributed by atoms with Gasteiger partial charge in [0.25, 0.3) is 0 Å². The van der Waals surface area contributed by atoms with Crippen LogP contribution in [0.5, 0.6) is 0 Å². The Morgan fingerprint density at radius 3 is 1.33 bits per heavy atom. The molecule has 2 saturated carbocycles. The Kier molecular flexibility index (Phi) is 2.43. The van der Waals surface area contributed by atoms with E-state index in [2.05, 4.69) is 13.8 Å². The monoisotopic (exact) mass is 166 g/mol. The maximum atomic E-state index is 2.47. The van der Waals surface area contributed by atoms with E-state index >= 15 is 0 Å². The molecule has 2 aliphatic rings. The van der Waals surface area contributed by atoms with Crippen LogP contribution in [0.2, 0.25) is 0 Å². The highest BCUT2D eigenvalue weighted by Gasteiger charge is 2.35. The third-order valence-electron chi connectivity index (χ3n) is 4.41. The normalized spacial score (nSPS) is 48.5. The molecule has 0 unspecified atom stereocenters. The van der Waals surface area contributed by atoms with Crippen molar-refractivity contribution in [3.8, 4) is 0 Å². The van der Waals surface area contributed by atoms with Crippen molar-refractivity contribution in [3.63, 3.8) is 0 Å². The van der Waals surface area contributed by atoms with Crippen LogP contribution in [-0.2, 0) is 0 Å². The van der Waals surface area contributed by atoms with Gasteiger partial charge in [-0.25, -0.2) is 0 Å². The molecule has 0 aromatic rings. The van der Waals surface area contributed by atoms with Crippen LogP contribution >= 0.6 is 0 Å². The first kappa shape index (κ1) is 8.59. The smallest absolute Gasteiger partial charge is 0.0358 e. The van der Waals surface area contributed by atoms with Crippen LogP contribution in [-0.4, -0.2) is 0 Å². The van der Waals surface area contributed by atoms with Crippen LogP contribution in [0.4, 0.5) is 0 Å². The lowest BCUT2D eigenvalue weighted by molar-refractivity contribution is 0.230. The molecule has 12 heavy (non-hydrogen) atoms. The summed E-state index contributed by atoms with van der Waals surface area (Å²) in [7, 11) is 0. The SMILES string of the molecule is C[C@H]1CCC[C@@H]1[C@H]1CCC[C@@H]1C. The quantitative estimate of drug-likeness (QED) is 0.555. The molecule has 0 amide bonds. The molecule has 2 rings (SSSR count). The lowest BCUT2D eigenvalue weighted by atomic mass is 9.79. The standard InChI is InChI=1S/C12H22/c1-9-5-3-7-11(9)12-8-4-6-10(12)2/h9-12H,3-8H2,1-2H3/t9-,10-,11-,12-/m0/s1. The predicted molar refractivity (Wildman–Crippen MR) is 53.0 cm³/mol. The summed E-state index contributed by atoms with van der Waals surface area (Å²) >= 11 is 0. The maximum Gasteiger partial charge on any atom is -0.0358 e. The van der Waals surface area contributed by atoms with E-state index in [9.17, 15) is 0 Å². The van der Waals surface area contributed by atoms with Crippen LogP contribution in [0.3, 0.4) is 0 Å². The van der Waals surface area contributed by atoms with Gasteiger partial charge in [-0.05, 0) is 36.5 Å². The van der Waals surface area contributed by atoms with Gasteiger partial charge < -0.3 is 0 Å². The summed E-state index contributed by atoms with van der Waals surface area (Å²) in [6.45, 7) is 4.95. The minimum atomic E-state index is 1.04. The fourth-order valence-electron chi connectivity index (χ4n) is 3.62. The van der Waals surface area contributed by atoms with Crippen molar-refractivity contribution in [3.05, 3.63) is 0 Å². The second-order valence-electron chi connectivity index (χ2n) is 5.14. The zero-order valence-electron chi connectivity index (χ0n) is 8.55. The third kappa shape index (κ3) is 1.41. The van der Waals surface area contributed by atoms with Gasteiger partial charge >= 0.3 is 0 Å². The molecule has 0 aromatic heterocycles. The van der Waals surface area contributed by atoms with Gasteiger partial charge in [0.15, 0.2) is 0 Å². The Bertz CT molecular complexity index is 132. The van der Waals surface area contributed by atoms with Crippen molar-refractivity contribution >= 4 is 0 Å². The minimum Gasteiger partial charge on any atom is -0.0622 e. The van der Waals surface area contributed by atoms with Gasteiger partial charge in [0.1, 0.15) is 0 Å². The van der Waals surface area contributed by atoms with Gasteiger partial charge in [-0.2, -0.15) is 0 Å². The van der Waals surface area contributed by atoms with E-state index in [1.54, 1.807) is 0 Å². The van der Waals surface area contributed by atoms with Crippen LogP contribution in [0.1, 0.15) is 52.4 Å². The molecular weight excluding hydrogens is 144 g/mol. The minimum absolute atomic E-state index is 1.04. The van der Waals surface area contributed by atoms with Crippen molar-refractivity contribution < 1.29 is 0 Å². The van der Waals surface area contributed by atoms with E-state index in [1.807, 2.05) is 0 Å². The summed E-state index contributed by atoms with van der Waals surface area (Å²) in [6.07, 6.45) is 9.11. The van der Waals surface area contributed by atoms with Gasteiger partial charge in [-0.15, -0.1) is 0 Å². The first-order valence-electron chi connectivity index (χ1n) is 5.79. The molecule has 0 aliphatic heterocycles. The van der Waals surface area contributed by atoms with E-state index in [-0.39, 0.29) is 0 Å². The Morgan fingerprint density at radius 2 is 1.08 bits per heavy atom. The topological polar surface area (TPSA) is 0 Å². The summed E-state index contributed by atoms with van der Waals surface area (Å²) in [5, 5.41) is 0. The van der Waals surface area contributed by atoms with Crippen LogP contribution in [0.15, 0.2) is 0 Å². The second-order valence-corrected chi connectivity index (χ2v) is 5.14. The van der Waals surface area contributed by atoms with Crippen molar-refractivity contribution in [1.82, 2.24) is 0 Å². The molecule has 0 radical (unpaired) electrons. The van der Waals surface area contributed by atoms with Gasteiger partial charge in [0.05, 0.1) is 0 Å². The van der Waals surface area contributed by atoms with Gasteiger partial charge in [-0.1, -0.05) is 39.5 Å². The van der Waals surface area contributed by atoms with Crippen molar-refractivity contribution in [2.45, 2.75) is 52.4 Å². The lowest BCUT2D eigenvalue weighted by Gasteiger charge is -2.26. The number of hydrogen-bond acceptors (Lipinski definition) is 0. The molecule has 2 aliphatic carbocycles. The molecule has 0 nitrogen and oxygen atoms in total. The summed E-state index contributed by atoms with van der Waals surface area (Å²) in [6, 6.07) is 0. The predicted octanol–water partition coefficient (Wildman–Crippen LogP) is 3.86. The lowest BCUT2D eigenvalue weighted by Crippen LogP contribution is -2.19. The molecule has 70 valence electrons. The number of hydrogen-bond donors (Lipinski definition) is 0. The second kappa shape index (κ2) is 3.40. The molecule has 0 heteroatoms. The van der Waals surface area contributed by atoms with Crippen LogP contribution in [0.25, 0.3) is 0 Å². The molecule has 0 heterocycles. The van der Waals surface area contributed by atoms with E-state index in [0.29, 0.717) is 0 Å². The van der Waals surface area contributed by atoms with E-state index in [1.165, 1.54) is 38.5 Å².